The normalized spacial score (nSPS) is 26.8. The standard InChI is InChI=1S/C25H35ClN5O7P/c1-5-34-39(32,35-6-2)14-33-13-18-20-21(38-25(3,4)37-20)24(36-18)31-23-17(12-28-31)19(16(11-27)22(26)30-23)29-15-9-7-8-10-15/h12,15,18,20-21,24H,5-10,13-14H2,1-4H3,(H,29,30)/t18-,20-,21-,24-/m1/s1. The molecule has 2 saturated heterocycles. The first-order valence-corrected chi connectivity index (χ1v) is 15.5. The van der Waals surface area contributed by atoms with Crippen molar-refractivity contribution in [1.82, 2.24) is 14.8 Å². The van der Waals surface area contributed by atoms with E-state index in [0.717, 1.165) is 25.7 Å². The molecule has 12 nitrogen and oxygen atoms in total. The molecule has 0 aromatic carbocycles. The molecule has 3 fully saturated rings. The van der Waals surface area contributed by atoms with Crippen LogP contribution in [0.25, 0.3) is 11.0 Å². The quantitative estimate of drug-likeness (QED) is 0.283. The average molecular weight is 584 g/mol. The van der Waals surface area contributed by atoms with Crippen LogP contribution in [0.2, 0.25) is 5.15 Å². The third kappa shape index (κ3) is 5.83. The number of pyridine rings is 1. The SMILES string of the molecule is CCOP(=O)(COC[C@H]1O[C@@H](n2ncc3c(NC4CCCC4)c(C#N)c(Cl)nc32)[C@@H]2OC(C)(C)O[C@@H]21)OCC. The van der Waals surface area contributed by atoms with Gasteiger partial charge in [0.05, 0.1) is 37.1 Å². The first kappa shape index (κ1) is 28.7. The lowest BCUT2D eigenvalue weighted by atomic mass is 10.1. The van der Waals surface area contributed by atoms with E-state index in [1.54, 1.807) is 24.7 Å². The molecule has 1 saturated carbocycles. The molecule has 3 aliphatic rings. The highest BCUT2D eigenvalue weighted by molar-refractivity contribution is 7.53. The van der Waals surface area contributed by atoms with Gasteiger partial charge < -0.3 is 33.3 Å². The maximum absolute atomic E-state index is 12.8. The number of aromatic nitrogens is 3. The van der Waals surface area contributed by atoms with E-state index in [0.29, 0.717) is 22.3 Å². The van der Waals surface area contributed by atoms with Crippen molar-refractivity contribution < 1.29 is 32.6 Å². The van der Waals surface area contributed by atoms with E-state index in [4.69, 9.17) is 39.6 Å². The molecular formula is C25H35ClN5O7P. The van der Waals surface area contributed by atoms with Crippen LogP contribution in [-0.2, 0) is 32.6 Å². The van der Waals surface area contributed by atoms with Crippen LogP contribution >= 0.6 is 19.2 Å². The molecule has 14 heteroatoms. The van der Waals surface area contributed by atoms with Crippen LogP contribution in [0, 0.1) is 11.3 Å². The Kier molecular flexibility index (Phi) is 8.53. The summed E-state index contributed by atoms with van der Waals surface area (Å²) in [4.78, 5) is 4.52. The van der Waals surface area contributed by atoms with E-state index >= 15 is 0 Å². The second-order valence-corrected chi connectivity index (χ2v) is 12.6. The number of nitrogens with one attached hydrogen (secondary N) is 1. The summed E-state index contributed by atoms with van der Waals surface area (Å²) < 4.78 is 49.6. The Morgan fingerprint density at radius 2 is 1.92 bits per heavy atom. The highest BCUT2D eigenvalue weighted by atomic mass is 35.5. The minimum absolute atomic E-state index is 0.0711. The van der Waals surface area contributed by atoms with Gasteiger partial charge in [0.25, 0.3) is 0 Å². The molecule has 0 unspecified atom stereocenters. The molecule has 1 aliphatic carbocycles. The first-order valence-electron chi connectivity index (χ1n) is 13.4. The zero-order valence-electron chi connectivity index (χ0n) is 22.6. The van der Waals surface area contributed by atoms with E-state index in [1.165, 1.54) is 0 Å². The second kappa shape index (κ2) is 11.6. The van der Waals surface area contributed by atoms with Crippen molar-refractivity contribution in [2.75, 3.05) is 31.5 Å². The van der Waals surface area contributed by atoms with E-state index in [1.807, 2.05) is 13.8 Å². The number of hydrogen-bond acceptors (Lipinski definition) is 11. The lowest BCUT2D eigenvalue weighted by molar-refractivity contribution is -0.202. The lowest BCUT2D eigenvalue weighted by Gasteiger charge is -2.25. The highest BCUT2D eigenvalue weighted by Gasteiger charge is 2.56. The van der Waals surface area contributed by atoms with Gasteiger partial charge in [-0.25, -0.2) is 9.67 Å². The molecule has 2 aliphatic heterocycles. The van der Waals surface area contributed by atoms with E-state index < -0.39 is 37.9 Å². The van der Waals surface area contributed by atoms with Crippen molar-refractivity contribution in [3.63, 3.8) is 0 Å². The van der Waals surface area contributed by atoms with Gasteiger partial charge in [-0.1, -0.05) is 24.4 Å². The Balaban J connectivity index is 1.42. The zero-order valence-corrected chi connectivity index (χ0v) is 24.2. The van der Waals surface area contributed by atoms with Gasteiger partial charge in [0, 0.05) is 6.04 Å². The lowest BCUT2D eigenvalue weighted by Crippen LogP contribution is -2.33. The van der Waals surface area contributed by atoms with Gasteiger partial charge in [-0.2, -0.15) is 10.4 Å². The minimum Gasteiger partial charge on any atom is -0.381 e. The van der Waals surface area contributed by atoms with Gasteiger partial charge >= 0.3 is 7.60 Å². The summed E-state index contributed by atoms with van der Waals surface area (Å²) in [7, 11) is -3.38. The van der Waals surface area contributed by atoms with Crippen LogP contribution in [0.1, 0.15) is 65.2 Å². The largest absolute Gasteiger partial charge is 0.381 e. The van der Waals surface area contributed by atoms with Crippen molar-refractivity contribution >= 4 is 35.9 Å². The molecule has 214 valence electrons. The number of nitriles is 1. The number of hydrogen-bond donors (Lipinski definition) is 1. The fourth-order valence-corrected chi connectivity index (χ4v) is 7.07. The van der Waals surface area contributed by atoms with Crippen molar-refractivity contribution in [2.45, 2.75) is 89.7 Å². The monoisotopic (exact) mass is 583 g/mol. The second-order valence-electron chi connectivity index (χ2n) is 10.3. The molecule has 5 rings (SSSR count). The smallest absolute Gasteiger partial charge is 0.356 e. The molecule has 0 spiro atoms. The number of halogens is 1. The minimum atomic E-state index is -3.38. The fourth-order valence-electron chi connectivity index (χ4n) is 5.52. The number of ether oxygens (including phenoxy) is 4. The van der Waals surface area contributed by atoms with Gasteiger partial charge in [0.2, 0.25) is 0 Å². The number of fused-ring (bicyclic) bond motifs is 2. The molecular weight excluding hydrogens is 549 g/mol. The summed E-state index contributed by atoms with van der Waals surface area (Å²) in [5.41, 5.74) is 1.39. The van der Waals surface area contributed by atoms with Crippen LogP contribution in [-0.4, -0.2) is 71.1 Å². The third-order valence-corrected chi connectivity index (χ3v) is 9.14. The molecule has 39 heavy (non-hydrogen) atoms. The maximum atomic E-state index is 12.8. The van der Waals surface area contributed by atoms with Gasteiger partial charge in [-0.15, -0.1) is 0 Å². The fraction of sp³-hybridized carbons (Fsp3) is 0.720. The summed E-state index contributed by atoms with van der Waals surface area (Å²) in [5, 5.41) is 18.7. The average Bonchev–Trinajstić information content (AvgIpc) is 3.65. The Bertz CT molecular complexity index is 1270. The van der Waals surface area contributed by atoms with Crippen LogP contribution in [0.4, 0.5) is 5.69 Å². The topological polar surface area (TPSA) is 139 Å². The summed E-state index contributed by atoms with van der Waals surface area (Å²) in [6.07, 6.45) is 3.52. The van der Waals surface area contributed by atoms with Crippen LogP contribution in [0.3, 0.4) is 0 Å². The predicted octanol–water partition coefficient (Wildman–Crippen LogP) is 4.97. The van der Waals surface area contributed by atoms with Gasteiger partial charge in [0.1, 0.15) is 36.3 Å². The Morgan fingerprint density at radius 3 is 2.59 bits per heavy atom. The van der Waals surface area contributed by atoms with Crippen molar-refractivity contribution in [3.8, 4) is 6.07 Å². The molecule has 1 N–H and O–H groups in total. The van der Waals surface area contributed by atoms with Crippen LogP contribution < -0.4 is 5.32 Å². The number of rotatable bonds is 11. The Morgan fingerprint density at radius 1 is 1.23 bits per heavy atom. The van der Waals surface area contributed by atoms with E-state index in [9.17, 15) is 9.83 Å². The molecule has 0 radical (unpaired) electrons. The predicted molar refractivity (Wildman–Crippen MR) is 143 cm³/mol. The van der Waals surface area contributed by atoms with Gasteiger partial charge in [-0.3, -0.25) is 4.57 Å². The molecule has 0 bridgehead atoms. The van der Waals surface area contributed by atoms with Crippen LogP contribution in [0.15, 0.2) is 6.20 Å². The van der Waals surface area contributed by atoms with Crippen molar-refractivity contribution in [2.24, 2.45) is 0 Å². The maximum Gasteiger partial charge on any atom is 0.356 e. The van der Waals surface area contributed by atoms with E-state index in [-0.39, 0.29) is 37.4 Å². The number of anilines is 1. The van der Waals surface area contributed by atoms with Crippen LogP contribution in [0.5, 0.6) is 0 Å². The molecule has 0 amide bonds. The Hall–Kier alpha value is -1.81. The van der Waals surface area contributed by atoms with Crippen molar-refractivity contribution in [3.05, 3.63) is 16.9 Å². The van der Waals surface area contributed by atoms with E-state index in [2.05, 4.69) is 21.5 Å². The summed E-state index contributed by atoms with van der Waals surface area (Å²) >= 11 is 6.50. The number of nitrogens with zero attached hydrogens (tertiary/aromatic N) is 4. The molecule has 2 aromatic rings. The molecule has 2 aromatic heterocycles. The van der Waals surface area contributed by atoms with Gasteiger partial charge in [0.15, 0.2) is 22.8 Å². The summed E-state index contributed by atoms with van der Waals surface area (Å²) in [6.45, 7) is 7.71. The van der Waals surface area contributed by atoms with Crippen molar-refractivity contribution in [1.29, 1.82) is 5.26 Å². The third-order valence-electron chi connectivity index (χ3n) is 7.06. The molecule has 4 atom stereocenters. The molecule has 4 heterocycles. The summed E-state index contributed by atoms with van der Waals surface area (Å²) in [6, 6.07) is 2.44. The summed E-state index contributed by atoms with van der Waals surface area (Å²) in [5.74, 6) is -0.862. The Labute approximate surface area is 232 Å². The van der Waals surface area contributed by atoms with Gasteiger partial charge in [-0.05, 0) is 40.5 Å². The highest BCUT2D eigenvalue weighted by Crippen LogP contribution is 2.49. The zero-order chi connectivity index (χ0) is 27.8. The first-order chi connectivity index (χ1) is 18.7.